The summed E-state index contributed by atoms with van der Waals surface area (Å²) in [5, 5.41) is 6.65. The number of fused-ring (bicyclic) bond motifs is 1. The van der Waals surface area contributed by atoms with Gasteiger partial charge in [0.05, 0.1) is 22.8 Å². The van der Waals surface area contributed by atoms with Gasteiger partial charge in [-0.2, -0.15) is 18.3 Å². The number of hydrogen-bond donors (Lipinski definition) is 1. The first-order chi connectivity index (χ1) is 10.4. The second-order valence-electron chi connectivity index (χ2n) is 4.93. The van der Waals surface area contributed by atoms with Crippen molar-refractivity contribution in [2.75, 3.05) is 11.1 Å². The van der Waals surface area contributed by atoms with Crippen molar-refractivity contribution in [1.29, 1.82) is 0 Å². The van der Waals surface area contributed by atoms with Gasteiger partial charge in [0.1, 0.15) is 5.82 Å². The fourth-order valence-electron chi connectivity index (χ4n) is 2.34. The Bertz CT molecular complexity index is 709. The summed E-state index contributed by atoms with van der Waals surface area (Å²) in [7, 11) is 1.71. The molecule has 1 amide bonds. The Morgan fingerprint density at radius 1 is 1.32 bits per heavy atom. The van der Waals surface area contributed by atoms with Crippen molar-refractivity contribution in [3.8, 4) is 0 Å². The summed E-state index contributed by atoms with van der Waals surface area (Å²) in [6.07, 6.45) is -2.72. The fraction of sp³-hybridized carbons (Fsp3) is 0.286. The molecule has 116 valence electrons. The molecule has 1 aromatic carbocycles. The van der Waals surface area contributed by atoms with Gasteiger partial charge in [-0.3, -0.25) is 9.48 Å². The van der Waals surface area contributed by atoms with E-state index in [1.54, 1.807) is 17.9 Å². The maximum atomic E-state index is 12.6. The Hall–Kier alpha value is -1.96. The minimum absolute atomic E-state index is 0.149. The van der Waals surface area contributed by atoms with E-state index in [1.165, 1.54) is 23.9 Å². The van der Waals surface area contributed by atoms with E-state index >= 15 is 0 Å². The van der Waals surface area contributed by atoms with Gasteiger partial charge in [0, 0.05) is 12.6 Å². The van der Waals surface area contributed by atoms with Crippen LogP contribution in [0.15, 0.2) is 30.5 Å². The van der Waals surface area contributed by atoms with Crippen molar-refractivity contribution in [2.45, 2.75) is 11.4 Å². The summed E-state index contributed by atoms with van der Waals surface area (Å²) < 4.78 is 39.5. The molecule has 0 spiro atoms. The number of alkyl halides is 3. The number of aromatic nitrogens is 2. The van der Waals surface area contributed by atoms with Gasteiger partial charge in [-0.25, -0.2) is 0 Å². The number of nitrogens with zero attached hydrogens (tertiary/aromatic N) is 2. The molecular weight excluding hydrogens is 315 g/mol. The van der Waals surface area contributed by atoms with E-state index in [-0.39, 0.29) is 16.9 Å². The number of nitrogens with one attached hydrogen (secondary N) is 1. The van der Waals surface area contributed by atoms with Crippen LogP contribution in [0.4, 0.5) is 19.0 Å². The quantitative estimate of drug-likeness (QED) is 0.875. The Balaban J connectivity index is 1.99. The monoisotopic (exact) mass is 327 g/mol. The number of hydrogen-bond acceptors (Lipinski definition) is 3. The molecule has 1 atom stereocenters. The van der Waals surface area contributed by atoms with Gasteiger partial charge in [0.15, 0.2) is 0 Å². The van der Waals surface area contributed by atoms with Gasteiger partial charge in [-0.15, -0.1) is 11.8 Å². The topological polar surface area (TPSA) is 46.9 Å². The molecule has 0 saturated heterocycles. The van der Waals surface area contributed by atoms with Crippen molar-refractivity contribution < 1.29 is 18.0 Å². The number of carbonyl (C=O) groups is 1. The number of carbonyl (C=O) groups excluding carboxylic acids is 1. The molecule has 8 heteroatoms. The normalized spacial score (nSPS) is 18.5. The lowest BCUT2D eigenvalue weighted by Gasteiger charge is -2.15. The summed E-state index contributed by atoms with van der Waals surface area (Å²) in [5.74, 6) is 0.671. The molecule has 4 nitrogen and oxygen atoms in total. The van der Waals surface area contributed by atoms with Crippen LogP contribution in [0.1, 0.15) is 21.9 Å². The summed E-state index contributed by atoms with van der Waals surface area (Å²) in [4.78, 5) is 11.7. The minimum Gasteiger partial charge on any atom is -0.310 e. The Labute approximate surface area is 128 Å². The van der Waals surface area contributed by atoms with Crippen molar-refractivity contribution in [2.24, 2.45) is 7.05 Å². The Kier molecular flexibility index (Phi) is 3.64. The lowest BCUT2D eigenvalue weighted by molar-refractivity contribution is -0.137. The highest BCUT2D eigenvalue weighted by Crippen LogP contribution is 2.41. The maximum absolute atomic E-state index is 12.6. The van der Waals surface area contributed by atoms with Crippen molar-refractivity contribution in [1.82, 2.24) is 9.78 Å². The zero-order chi connectivity index (χ0) is 15.9. The summed E-state index contributed by atoms with van der Waals surface area (Å²) in [5.41, 5.74) is 0.817. The highest BCUT2D eigenvalue weighted by Gasteiger charge is 2.31. The summed E-state index contributed by atoms with van der Waals surface area (Å²) >= 11 is 1.37. The van der Waals surface area contributed by atoms with Crippen LogP contribution >= 0.6 is 11.8 Å². The average Bonchev–Trinajstić information content (AvgIpc) is 2.72. The van der Waals surface area contributed by atoms with E-state index in [1.807, 2.05) is 0 Å². The van der Waals surface area contributed by atoms with Gasteiger partial charge in [0.2, 0.25) is 5.91 Å². The zero-order valence-corrected chi connectivity index (χ0v) is 12.3. The van der Waals surface area contributed by atoms with Crippen LogP contribution in [0.2, 0.25) is 0 Å². The highest BCUT2D eigenvalue weighted by molar-refractivity contribution is 8.00. The molecule has 0 unspecified atom stereocenters. The van der Waals surface area contributed by atoms with Crippen LogP contribution in [0.25, 0.3) is 0 Å². The predicted molar refractivity (Wildman–Crippen MR) is 77.6 cm³/mol. The average molecular weight is 327 g/mol. The smallest absolute Gasteiger partial charge is 0.310 e. The molecule has 1 aliphatic rings. The molecule has 3 rings (SSSR count). The first kappa shape index (κ1) is 15.0. The van der Waals surface area contributed by atoms with E-state index in [2.05, 4.69) is 10.4 Å². The molecule has 0 aliphatic carbocycles. The second kappa shape index (κ2) is 5.35. The van der Waals surface area contributed by atoms with E-state index in [9.17, 15) is 18.0 Å². The molecule has 1 N–H and O–H groups in total. The predicted octanol–water partition coefficient (Wildman–Crippen LogP) is 3.21. The Morgan fingerprint density at radius 2 is 2.00 bits per heavy atom. The second-order valence-corrected chi connectivity index (χ2v) is 6.02. The first-order valence-corrected chi connectivity index (χ1v) is 7.51. The van der Waals surface area contributed by atoms with E-state index in [0.717, 1.165) is 17.7 Å². The summed E-state index contributed by atoms with van der Waals surface area (Å²) in [6, 6.07) is 5.03. The molecule has 0 fully saturated rings. The van der Waals surface area contributed by atoms with E-state index in [4.69, 9.17) is 0 Å². The standard InChI is InChI=1S/C14H12F3N3OS/c1-20-13-10(6-18-20)12(22-7-11(21)19-13)8-2-4-9(5-3-8)14(15,16)17/h2-6,12H,7H2,1H3,(H,19,21)/t12-/m0/s1. The van der Waals surface area contributed by atoms with Gasteiger partial charge in [0.25, 0.3) is 0 Å². The molecule has 22 heavy (non-hydrogen) atoms. The lowest BCUT2D eigenvalue weighted by atomic mass is 10.0. The molecule has 0 bridgehead atoms. The SMILES string of the molecule is Cn1ncc2c1NC(=O)CS[C@H]2c1ccc(C(F)(F)F)cc1. The molecule has 1 aromatic heterocycles. The number of rotatable bonds is 1. The van der Waals surface area contributed by atoms with E-state index < -0.39 is 11.7 Å². The van der Waals surface area contributed by atoms with Crippen molar-refractivity contribution >= 4 is 23.5 Å². The number of thioether (sulfide) groups is 1. The van der Waals surface area contributed by atoms with Gasteiger partial charge in [-0.05, 0) is 17.7 Å². The van der Waals surface area contributed by atoms with Crippen LogP contribution < -0.4 is 5.32 Å². The molecule has 2 aromatic rings. The van der Waals surface area contributed by atoms with Crippen LogP contribution in [-0.2, 0) is 18.0 Å². The third-order valence-electron chi connectivity index (χ3n) is 3.43. The van der Waals surface area contributed by atoms with Gasteiger partial charge in [-0.1, -0.05) is 12.1 Å². The third-order valence-corrected chi connectivity index (χ3v) is 4.72. The van der Waals surface area contributed by atoms with E-state index in [0.29, 0.717) is 11.4 Å². The highest BCUT2D eigenvalue weighted by atomic mass is 32.2. The van der Waals surface area contributed by atoms with Crippen LogP contribution in [0.3, 0.4) is 0 Å². The number of anilines is 1. The number of halogens is 3. The first-order valence-electron chi connectivity index (χ1n) is 6.47. The Morgan fingerprint density at radius 3 is 2.64 bits per heavy atom. The molecule has 2 heterocycles. The lowest BCUT2D eigenvalue weighted by Crippen LogP contribution is -2.15. The molecule has 1 aliphatic heterocycles. The fourth-order valence-corrected chi connectivity index (χ4v) is 3.43. The van der Waals surface area contributed by atoms with Gasteiger partial charge < -0.3 is 5.32 Å². The number of aryl methyl sites for hydroxylation is 1. The molecule has 0 saturated carbocycles. The van der Waals surface area contributed by atoms with Crippen molar-refractivity contribution in [3.05, 3.63) is 47.2 Å². The molecule has 0 radical (unpaired) electrons. The maximum Gasteiger partial charge on any atom is 0.416 e. The van der Waals surface area contributed by atoms with Crippen LogP contribution in [0.5, 0.6) is 0 Å². The number of benzene rings is 1. The third kappa shape index (κ3) is 2.70. The zero-order valence-electron chi connectivity index (χ0n) is 11.5. The molecular formula is C14H12F3N3OS. The minimum atomic E-state index is -4.36. The summed E-state index contributed by atoms with van der Waals surface area (Å²) in [6.45, 7) is 0. The number of amides is 1. The van der Waals surface area contributed by atoms with Crippen molar-refractivity contribution in [3.63, 3.8) is 0 Å². The van der Waals surface area contributed by atoms with Crippen LogP contribution in [-0.4, -0.2) is 21.4 Å². The van der Waals surface area contributed by atoms with Crippen LogP contribution in [0, 0.1) is 0 Å². The largest absolute Gasteiger partial charge is 0.416 e. The van der Waals surface area contributed by atoms with Gasteiger partial charge >= 0.3 is 6.18 Å².